The van der Waals surface area contributed by atoms with Gasteiger partial charge in [-0.25, -0.2) is 4.39 Å². The molecule has 0 saturated heterocycles. The maximum atomic E-state index is 13.4. The first-order valence-electron chi connectivity index (χ1n) is 5.42. The van der Waals surface area contributed by atoms with Gasteiger partial charge in [0.25, 0.3) is 5.91 Å². The van der Waals surface area contributed by atoms with Crippen LogP contribution in [0.1, 0.15) is 17.3 Å². The highest BCUT2D eigenvalue weighted by molar-refractivity contribution is 7.99. The minimum atomic E-state index is -0.774. The van der Waals surface area contributed by atoms with Gasteiger partial charge in [0.1, 0.15) is 11.6 Å². The zero-order valence-electron chi connectivity index (χ0n) is 10.2. The number of phenols is 1. The number of phenolic OH excluding ortho intramolecular Hbond substituents is 1. The first kappa shape index (κ1) is 14.8. The normalized spacial score (nSPS) is 14.0. The minimum Gasteiger partial charge on any atom is -0.508 e. The molecule has 0 fully saturated rings. The molecule has 0 aliphatic rings. The van der Waals surface area contributed by atoms with E-state index >= 15 is 0 Å². The van der Waals surface area contributed by atoms with Crippen LogP contribution in [0.4, 0.5) is 4.39 Å². The summed E-state index contributed by atoms with van der Waals surface area (Å²) in [6.45, 7) is 1.67. The average molecular weight is 273 g/mol. The Kier molecular flexibility index (Phi) is 5.43. The van der Waals surface area contributed by atoms with Gasteiger partial charge in [-0.1, -0.05) is 0 Å². The summed E-state index contributed by atoms with van der Waals surface area (Å²) in [5, 5.41) is 20.6. The molecule has 0 heterocycles. The van der Waals surface area contributed by atoms with Gasteiger partial charge in [0.15, 0.2) is 0 Å². The van der Waals surface area contributed by atoms with Crippen LogP contribution in [-0.4, -0.2) is 40.3 Å². The van der Waals surface area contributed by atoms with Crippen molar-refractivity contribution in [3.63, 3.8) is 0 Å². The third-order valence-electron chi connectivity index (χ3n) is 2.60. The number of thioether (sulfide) groups is 1. The number of nitrogens with one attached hydrogen (secondary N) is 1. The van der Waals surface area contributed by atoms with Crippen molar-refractivity contribution in [2.45, 2.75) is 18.2 Å². The third-order valence-corrected chi connectivity index (χ3v) is 3.76. The number of benzene rings is 1. The van der Waals surface area contributed by atoms with Gasteiger partial charge in [-0.2, -0.15) is 11.8 Å². The molecule has 18 heavy (non-hydrogen) atoms. The lowest BCUT2D eigenvalue weighted by Crippen LogP contribution is -2.41. The Labute approximate surface area is 109 Å². The van der Waals surface area contributed by atoms with Gasteiger partial charge in [0, 0.05) is 17.4 Å². The highest BCUT2D eigenvalue weighted by Gasteiger charge is 2.20. The summed E-state index contributed by atoms with van der Waals surface area (Å²) >= 11 is 1.42. The molecule has 0 aromatic heterocycles. The lowest BCUT2D eigenvalue weighted by molar-refractivity contribution is 0.0932. The Bertz CT molecular complexity index is 424. The molecule has 2 atom stereocenters. The van der Waals surface area contributed by atoms with Gasteiger partial charge in [0.05, 0.1) is 12.2 Å². The molecular weight excluding hydrogens is 257 g/mol. The van der Waals surface area contributed by atoms with Crippen molar-refractivity contribution in [1.82, 2.24) is 5.32 Å². The largest absolute Gasteiger partial charge is 0.508 e. The lowest BCUT2D eigenvalue weighted by Gasteiger charge is -2.21. The zero-order chi connectivity index (χ0) is 13.7. The number of hydrogen-bond acceptors (Lipinski definition) is 4. The number of aromatic hydroxyl groups is 1. The smallest absolute Gasteiger partial charge is 0.254 e. The molecule has 1 amide bonds. The number of aliphatic hydroxyl groups is 1. The number of carbonyl (C=O) groups is 1. The standard InChI is InChI=1S/C12H16FNO3S/c1-7(11(6-15)18-2)14-12(17)9-4-3-8(16)5-10(9)13/h3-5,7,11,15-16H,6H2,1-2H3,(H,14,17). The first-order chi connectivity index (χ1) is 8.49. The van der Waals surface area contributed by atoms with Crippen LogP contribution in [0.15, 0.2) is 18.2 Å². The number of halogens is 1. The van der Waals surface area contributed by atoms with E-state index in [9.17, 15) is 9.18 Å². The van der Waals surface area contributed by atoms with E-state index in [1.54, 1.807) is 6.92 Å². The molecule has 1 aromatic rings. The highest BCUT2D eigenvalue weighted by atomic mass is 32.2. The number of hydrogen-bond donors (Lipinski definition) is 3. The van der Waals surface area contributed by atoms with Crippen LogP contribution in [0.25, 0.3) is 0 Å². The van der Waals surface area contributed by atoms with Gasteiger partial charge in [-0.15, -0.1) is 0 Å². The average Bonchev–Trinajstić information content (AvgIpc) is 2.30. The van der Waals surface area contributed by atoms with Gasteiger partial charge in [-0.05, 0) is 25.3 Å². The second-order valence-corrected chi connectivity index (χ2v) is 4.96. The Hall–Kier alpha value is -1.27. The van der Waals surface area contributed by atoms with Crippen LogP contribution in [0, 0.1) is 5.82 Å². The fourth-order valence-corrected chi connectivity index (χ4v) is 2.13. The fraction of sp³-hybridized carbons (Fsp3) is 0.417. The second kappa shape index (κ2) is 6.61. The molecule has 6 heteroatoms. The lowest BCUT2D eigenvalue weighted by atomic mass is 10.1. The predicted molar refractivity (Wildman–Crippen MR) is 69.4 cm³/mol. The molecule has 0 aliphatic heterocycles. The monoisotopic (exact) mass is 273 g/mol. The van der Waals surface area contributed by atoms with E-state index in [0.29, 0.717) is 0 Å². The maximum absolute atomic E-state index is 13.4. The first-order valence-corrected chi connectivity index (χ1v) is 6.71. The predicted octanol–water partition coefficient (Wildman–Crippen LogP) is 1.37. The van der Waals surface area contributed by atoms with Crippen LogP contribution < -0.4 is 5.32 Å². The Morgan fingerprint density at radius 3 is 2.72 bits per heavy atom. The van der Waals surface area contributed by atoms with Crippen LogP contribution in [0.3, 0.4) is 0 Å². The minimum absolute atomic E-state index is 0.0688. The van der Waals surface area contributed by atoms with E-state index in [1.165, 1.54) is 23.9 Å². The number of aliphatic hydroxyl groups excluding tert-OH is 1. The Morgan fingerprint density at radius 1 is 1.56 bits per heavy atom. The van der Waals surface area contributed by atoms with Crippen LogP contribution in [0.2, 0.25) is 0 Å². The molecule has 100 valence electrons. The Balaban J connectivity index is 2.76. The van der Waals surface area contributed by atoms with Crippen LogP contribution in [-0.2, 0) is 0 Å². The third kappa shape index (κ3) is 3.61. The number of carbonyl (C=O) groups excluding carboxylic acids is 1. The SMILES string of the molecule is CSC(CO)C(C)NC(=O)c1ccc(O)cc1F. The van der Waals surface area contributed by atoms with Crippen LogP contribution in [0.5, 0.6) is 5.75 Å². The van der Waals surface area contributed by atoms with E-state index in [-0.39, 0.29) is 29.2 Å². The summed E-state index contributed by atoms with van der Waals surface area (Å²) in [6, 6.07) is 3.07. The topological polar surface area (TPSA) is 69.6 Å². The van der Waals surface area contributed by atoms with Crippen LogP contribution >= 0.6 is 11.8 Å². The Morgan fingerprint density at radius 2 is 2.22 bits per heavy atom. The molecule has 0 bridgehead atoms. The molecular formula is C12H16FNO3S. The van der Waals surface area contributed by atoms with E-state index in [4.69, 9.17) is 10.2 Å². The van der Waals surface area contributed by atoms with Crippen molar-refractivity contribution >= 4 is 17.7 Å². The van der Waals surface area contributed by atoms with Crippen molar-refractivity contribution in [2.75, 3.05) is 12.9 Å². The molecule has 0 radical (unpaired) electrons. The van der Waals surface area contributed by atoms with Gasteiger partial charge in [-0.3, -0.25) is 4.79 Å². The van der Waals surface area contributed by atoms with E-state index < -0.39 is 11.7 Å². The molecule has 4 nitrogen and oxygen atoms in total. The summed E-state index contributed by atoms with van der Waals surface area (Å²) in [6.07, 6.45) is 1.82. The molecule has 3 N–H and O–H groups in total. The van der Waals surface area contributed by atoms with Gasteiger partial charge < -0.3 is 15.5 Å². The molecule has 1 aromatic carbocycles. The molecule has 1 rings (SSSR count). The maximum Gasteiger partial charge on any atom is 0.254 e. The number of rotatable bonds is 5. The van der Waals surface area contributed by atoms with Gasteiger partial charge >= 0.3 is 0 Å². The molecule has 0 saturated carbocycles. The quantitative estimate of drug-likeness (QED) is 0.758. The summed E-state index contributed by atoms with van der Waals surface area (Å²) < 4.78 is 13.4. The van der Waals surface area contributed by atoms with Crippen molar-refractivity contribution in [2.24, 2.45) is 0 Å². The molecule has 0 aliphatic carbocycles. The highest BCUT2D eigenvalue weighted by Crippen LogP contribution is 2.16. The summed E-state index contributed by atoms with van der Waals surface area (Å²) in [7, 11) is 0. The summed E-state index contributed by atoms with van der Waals surface area (Å²) in [5.41, 5.74) is -0.127. The van der Waals surface area contributed by atoms with Gasteiger partial charge in [0.2, 0.25) is 0 Å². The zero-order valence-corrected chi connectivity index (χ0v) is 11.0. The van der Waals surface area contributed by atoms with E-state index in [2.05, 4.69) is 5.32 Å². The molecule has 2 unspecified atom stereocenters. The number of amides is 1. The fourth-order valence-electron chi connectivity index (χ4n) is 1.50. The second-order valence-electron chi connectivity index (χ2n) is 3.88. The van der Waals surface area contributed by atoms with Crippen molar-refractivity contribution in [3.05, 3.63) is 29.6 Å². The van der Waals surface area contributed by atoms with E-state index in [0.717, 1.165) is 6.07 Å². The summed E-state index contributed by atoms with van der Waals surface area (Å²) in [5.74, 6) is -1.56. The van der Waals surface area contributed by atoms with Crippen molar-refractivity contribution < 1.29 is 19.4 Å². The summed E-state index contributed by atoms with van der Waals surface area (Å²) in [4.78, 5) is 11.8. The van der Waals surface area contributed by atoms with Crippen molar-refractivity contribution in [1.29, 1.82) is 0 Å². The molecule has 0 spiro atoms. The van der Waals surface area contributed by atoms with Crippen molar-refractivity contribution in [3.8, 4) is 5.75 Å². The van der Waals surface area contributed by atoms with E-state index in [1.807, 2.05) is 6.26 Å².